The molecular weight excluding hydrogens is 190 g/mol. The van der Waals surface area contributed by atoms with Gasteiger partial charge in [0.05, 0.1) is 6.42 Å². The monoisotopic (exact) mass is 205 g/mol. The zero-order valence-corrected chi connectivity index (χ0v) is 8.60. The van der Waals surface area contributed by atoms with Crippen LogP contribution in [0.2, 0.25) is 0 Å². The smallest absolute Gasteiger partial charge is 0.305 e. The number of rotatable bonds is 5. The fraction of sp³-hybridized carbons (Fsp3) is 0.417. The Morgan fingerprint density at radius 2 is 2.00 bits per heavy atom. The van der Waals surface area contributed by atoms with Gasteiger partial charge in [0.25, 0.3) is 0 Å². The van der Waals surface area contributed by atoms with E-state index >= 15 is 0 Å². The van der Waals surface area contributed by atoms with Crippen LogP contribution >= 0.6 is 0 Å². The van der Waals surface area contributed by atoms with Crippen LogP contribution in [0.15, 0.2) is 30.3 Å². The summed E-state index contributed by atoms with van der Waals surface area (Å²) in [4.78, 5) is 12.8. The van der Waals surface area contributed by atoms with Crippen LogP contribution in [0.5, 0.6) is 0 Å². The fourth-order valence-corrected chi connectivity index (χ4v) is 1.74. The Labute approximate surface area is 89.3 Å². The molecule has 1 N–H and O–H groups in total. The van der Waals surface area contributed by atoms with Gasteiger partial charge in [-0.2, -0.15) is 0 Å². The Kier molecular flexibility index (Phi) is 2.90. The van der Waals surface area contributed by atoms with Gasteiger partial charge < -0.3 is 10.0 Å². The number of hydrogen-bond donors (Lipinski definition) is 1. The molecule has 3 nitrogen and oxygen atoms in total. The molecule has 15 heavy (non-hydrogen) atoms. The van der Waals surface area contributed by atoms with Crippen LogP contribution < -0.4 is 4.90 Å². The maximum Gasteiger partial charge on any atom is 0.305 e. The van der Waals surface area contributed by atoms with E-state index in [9.17, 15) is 4.79 Å². The van der Waals surface area contributed by atoms with Crippen LogP contribution in [-0.4, -0.2) is 23.7 Å². The van der Waals surface area contributed by atoms with E-state index in [1.165, 1.54) is 12.8 Å². The minimum absolute atomic E-state index is 0.214. The van der Waals surface area contributed by atoms with Crippen LogP contribution in [0.25, 0.3) is 0 Å². The van der Waals surface area contributed by atoms with Gasteiger partial charge >= 0.3 is 5.97 Å². The van der Waals surface area contributed by atoms with Crippen molar-refractivity contribution in [2.75, 3.05) is 11.4 Å². The maximum absolute atomic E-state index is 10.6. The fourth-order valence-electron chi connectivity index (χ4n) is 1.74. The van der Waals surface area contributed by atoms with Crippen molar-refractivity contribution < 1.29 is 9.90 Å². The molecule has 1 aliphatic carbocycles. The Balaban J connectivity index is 2.03. The molecule has 0 unspecified atom stereocenters. The Bertz CT molecular complexity index is 333. The third-order valence-electron chi connectivity index (χ3n) is 2.64. The van der Waals surface area contributed by atoms with Crippen molar-refractivity contribution in [3.63, 3.8) is 0 Å². The zero-order chi connectivity index (χ0) is 10.7. The van der Waals surface area contributed by atoms with Crippen molar-refractivity contribution >= 4 is 11.7 Å². The Morgan fingerprint density at radius 3 is 2.53 bits per heavy atom. The number of carbonyl (C=O) groups is 1. The van der Waals surface area contributed by atoms with Gasteiger partial charge in [-0.15, -0.1) is 0 Å². The minimum Gasteiger partial charge on any atom is -0.481 e. The van der Waals surface area contributed by atoms with Gasteiger partial charge in [-0.1, -0.05) is 18.2 Å². The van der Waals surface area contributed by atoms with E-state index in [4.69, 9.17) is 5.11 Å². The van der Waals surface area contributed by atoms with E-state index < -0.39 is 5.97 Å². The first-order chi connectivity index (χ1) is 7.27. The third-order valence-corrected chi connectivity index (χ3v) is 2.64. The van der Waals surface area contributed by atoms with Gasteiger partial charge in [0.1, 0.15) is 0 Å². The van der Waals surface area contributed by atoms with E-state index in [1.807, 2.05) is 30.3 Å². The van der Waals surface area contributed by atoms with E-state index in [1.54, 1.807) is 0 Å². The Hall–Kier alpha value is -1.51. The number of hydrogen-bond acceptors (Lipinski definition) is 2. The van der Waals surface area contributed by atoms with Gasteiger partial charge in [-0.25, -0.2) is 0 Å². The molecule has 2 rings (SSSR count). The number of nitrogens with zero attached hydrogens (tertiary/aromatic N) is 1. The number of anilines is 1. The summed E-state index contributed by atoms with van der Waals surface area (Å²) in [6, 6.07) is 10.6. The molecule has 1 aromatic carbocycles. The molecule has 3 heteroatoms. The lowest BCUT2D eigenvalue weighted by Crippen LogP contribution is -2.28. The highest BCUT2D eigenvalue weighted by atomic mass is 16.4. The first-order valence-corrected chi connectivity index (χ1v) is 5.31. The maximum atomic E-state index is 10.6. The second-order valence-electron chi connectivity index (χ2n) is 3.90. The lowest BCUT2D eigenvalue weighted by molar-refractivity contribution is -0.136. The van der Waals surface area contributed by atoms with Crippen LogP contribution in [-0.2, 0) is 4.79 Å². The van der Waals surface area contributed by atoms with E-state index in [-0.39, 0.29) is 6.42 Å². The molecule has 80 valence electrons. The van der Waals surface area contributed by atoms with Gasteiger partial charge in [0, 0.05) is 18.3 Å². The van der Waals surface area contributed by atoms with Crippen molar-refractivity contribution in [3.05, 3.63) is 30.3 Å². The number of carboxylic acid groups (broad SMARTS) is 1. The van der Waals surface area contributed by atoms with Crippen LogP contribution in [0.3, 0.4) is 0 Å². The Morgan fingerprint density at radius 1 is 1.33 bits per heavy atom. The van der Waals surface area contributed by atoms with Crippen LogP contribution in [0.1, 0.15) is 19.3 Å². The van der Waals surface area contributed by atoms with E-state index in [0.29, 0.717) is 12.6 Å². The summed E-state index contributed by atoms with van der Waals surface area (Å²) >= 11 is 0. The summed E-state index contributed by atoms with van der Waals surface area (Å²) in [5, 5.41) is 8.68. The topological polar surface area (TPSA) is 40.5 Å². The van der Waals surface area contributed by atoms with Gasteiger partial charge in [0.15, 0.2) is 0 Å². The summed E-state index contributed by atoms with van der Waals surface area (Å²) < 4.78 is 0. The van der Waals surface area contributed by atoms with Gasteiger partial charge in [0.2, 0.25) is 0 Å². The molecule has 0 spiro atoms. The molecule has 1 aliphatic rings. The summed E-state index contributed by atoms with van der Waals surface area (Å²) in [7, 11) is 0. The molecule has 0 amide bonds. The standard InChI is InChI=1S/C12H15NO2/c14-12(15)8-9-13(11-6-7-11)10-4-2-1-3-5-10/h1-5,11H,6-9H2,(H,14,15). The summed E-state index contributed by atoms with van der Waals surface area (Å²) in [6.07, 6.45) is 2.59. The van der Waals surface area contributed by atoms with E-state index in [0.717, 1.165) is 5.69 Å². The minimum atomic E-state index is -0.725. The van der Waals surface area contributed by atoms with Crippen molar-refractivity contribution in [3.8, 4) is 0 Å². The van der Waals surface area contributed by atoms with Crippen LogP contribution in [0.4, 0.5) is 5.69 Å². The lowest BCUT2D eigenvalue weighted by atomic mass is 10.2. The summed E-state index contributed by atoms with van der Waals surface area (Å²) in [5.41, 5.74) is 1.14. The molecule has 0 aromatic heterocycles. The second kappa shape index (κ2) is 4.34. The van der Waals surface area contributed by atoms with Crippen molar-refractivity contribution in [2.45, 2.75) is 25.3 Å². The summed E-state index contributed by atoms with van der Waals surface area (Å²) in [5.74, 6) is -0.725. The SMILES string of the molecule is O=C(O)CCN(c1ccccc1)C1CC1. The molecule has 0 saturated heterocycles. The van der Waals surface area contributed by atoms with Gasteiger partial charge in [-0.05, 0) is 25.0 Å². The molecule has 0 radical (unpaired) electrons. The van der Waals surface area contributed by atoms with Gasteiger partial charge in [-0.3, -0.25) is 4.79 Å². The molecule has 1 fully saturated rings. The predicted molar refractivity (Wildman–Crippen MR) is 59.1 cm³/mol. The highest BCUT2D eigenvalue weighted by molar-refractivity contribution is 5.67. The number of carboxylic acids is 1. The molecule has 1 saturated carbocycles. The van der Waals surface area contributed by atoms with Crippen molar-refractivity contribution in [1.29, 1.82) is 0 Å². The lowest BCUT2D eigenvalue weighted by Gasteiger charge is -2.23. The highest BCUT2D eigenvalue weighted by Crippen LogP contribution is 2.31. The van der Waals surface area contributed by atoms with Crippen molar-refractivity contribution in [1.82, 2.24) is 0 Å². The number of benzene rings is 1. The average Bonchev–Trinajstić information content (AvgIpc) is 3.03. The molecular formula is C12H15NO2. The third kappa shape index (κ3) is 2.72. The number of aliphatic carboxylic acids is 1. The molecule has 0 bridgehead atoms. The zero-order valence-electron chi connectivity index (χ0n) is 8.60. The first kappa shape index (κ1) is 10.0. The largest absolute Gasteiger partial charge is 0.481 e. The van der Waals surface area contributed by atoms with Crippen molar-refractivity contribution in [2.24, 2.45) is 0 Å². The first-order valence-electron chi connectivity index (χ1n) is 5.31. The quantitative estimate of drug-likeness (QED) is 0.800. The second-order valence-corrected chi connectivity index (χ2v) is 3.90. The molecule has 0 aliphatic heterocycles. The number of para-hydroxylation sites is 1. The average molecular weight is 205 g/mol. The predicted octanol–water partition coefficient (Wildman–Crippen LogP) is 2.13. The van der Waals surface area contributed by atoms with Crippen LogP contribution in [0, 0.1) is 0 Å². The van der Waals surface area contributed by atoms with E-state index in [2.05, 4.69) is 4.90 Å². The molecule has 0 atom stereocenters. The molecule has 0 heterocycles. The summed E-state index contributed by atoms with van der Waals surface area (Å²) in [6.45, 7) is 0.615. The molecule has 1 aromatic rings. The normalized spacial score (nSPS) is 14.9. The highest BCUT2D eigenvalue weighted by Gasteiger charge is 2.29.